The van der Waals surface area contributed by atoms with E-state index in [1.165, 1.54) is 0 Å². The monoisotopic (exact) mass is 214 g/mol. The Morgan fingerprint density at radius 3 is 2.29 bits per heavy atom. The van der Waals surface area contributed by atoms with Crippen LogP contribution in [0.1, 0.15) is 5.56 Å². The number of sulfonamides is 1. The van der Waals surface area contributed by atoms with Crippen LogP contribution in [-0.4, -0.2) is 21.8 Å². The molecular formula is C9H12NO3S. The van der Waals surface area contributed by atoms with Gasteiger partial charge in [-0.2, -0.15) is 0 Å². The fraction of sp³-hybridized carbons (Fsp3) is 0.333. The molecule has 1 aromatic carbocycles. The lowest BCUT2D eigenvalue weighted by molar-refractivity contribution is 0.414. The smallest absolute Gasteiger partial charge is 0.225 e. The summed E-state index contributed by atoms with van der Waals surface area (Å²) < 4.78 is 30.0. The van der Waals surface area contributed by atoms with Crippen LogP contribution in [-0.2, 0) is 16.6 Å². The predicted molar refractivity (Wildman–Crippen MR) is 53.7 cm³/mol. The number of hydrogen-bond donors (Lipinski definition) is 0. The summed E-state index contributed by atoms with van der Waals surface area (Å²) in [6.45, 7) is 0.183. The van der Waals surface area contributed by atoms with Gasteiger partial charge in [-0.15, -0.1) is 4.72 Å². The lowest BCUT2D eigenvalue weighted by atomic mass is 10.2. The molecule has 0 saturated heterocycles. The van der Waals surface area contributed by atoms with Gasteiger partial charge in [0.05, 0.1) is 19.9 Å². The maximum atomic E-state index is 10.7. The number of benzene rings is 1. The van der Waals surface area contributed by atoms with Crippen molar-refractivity contribution in [1.82, 2.24) is 4.72 Å². The average molecular weight is 214 g/mol. The van der Waals surface area contributed by atoms with Crippen molar-refractivity contribution in [3.63, 3.8) is 0 Å². The molecule has 77 valence electrons. The van der Waals surface area contributed by atoms with Gasteiger partial charge in [0.1, 0.15) is 5.75 Å². The number of methoxy groups -OCH3 is 1. The highest BCUT2D eigenvalue weighted by atomic mass is 32.2. The summed E-state index contributed by atoms with van der Waals surface area (Å²) >= 11 is 0. The van der Waals surface area contributed by atoms with Crippen molar-refractivity contribution in [3.05, 3.63) is 29.8 Å². The Bertz CT molecular complexity index is 383. The van der Waals surface area contributed by atoms with E-state index < -0.39 is 10.0 Å². The highest BCUT2D eigenvalue weighted by Gasteiger charge is 2.02. The predicted octanol–water partition coefficient (Wildman–Crippen LogP) is 0.759. The molecule has 0 amide bonds. The van der Waals surface area contributed by atoms with E-state index in [-0.39, 0.29) is 6.54 Å². The molecule has 0 atom stereocenters. The first-order valence-electron chi connectivity index (χ1n) is 4.03. The lowest BCUT2D eigenvalue weighted by Crippen LogP contribution is -2.13. The molecule has 0 fully saturated rings. The van der Waals surface area contributed by atoms with E-state index in [2.05, 4.69) is 4.72 Å². The first-order chi connectivity index (χ1) is 6.51. The van der Waals surface area contributed by atoms with Crippen molar-refractivity contribution in [3.8, 4) is 5.75 Å². The standard InChI is InChI=1S/C9H12NO3S/c1-13-9-5-3-8(4-6-9)7-10-14(2,11)12/h3-6H,7H2,1-2H3. The van der Waals surface area contributed by atoms with Crippen molar-refractivity contribution in [2.75, 3.05) is 13.4 Å². The third kappa shape index (κ3) is 3.76. The second kappa shape index (κ2) is 4.43. The van der Waals surface area contributed by atoms with E-state index in [9.17, 15) is 8.42 Å². The second-order valence-electron chi connectivity index (χ2n) is 2.87. The summed E-state index contributed by atoms with van der Waals surface area (Å²) in [5, 5.41) is 0. The Labute approximate surface area is 84.0 Å². The summed E-state index contributed by atoms with van der Waals surface area (Å²) in [5.74, 6) is 0.744. The molecule has 0 bridgehead atoms. The molecule has 0 spiro atoms. The van der Waals surface area contributed by atoms with Crippen molar-refractivity contribution >= 4 is 10.0 Å². The van der Waals surface area contributed by atoms with Gasteiger partial charge in [0, 0.05) is 0 Å². The van der Waals surface area contributed by atoms with Crippen molar-refractivity contribution in [2.45, 2.75) is 6.54 Å². The fourth-order valence-corrected chi connectivity index (χ4v) is 1.31. The molecule has 0 unspecified atom stereocenters. The zero-order valence-electron chi connectivity index (χ0n) is 8.10. The second-order valence-corrected chi connectivity index (χ2v) is 4.59. The van der Waals surface area contributed by atoms with Gasteiger partial charge in [-0.3, -0.25) is 0 Å². The van der Waals surface area contributed by atoms with Crippen LogP contribution in [0.4, 0.5) is 0 Å². The Hall–Kier alpha value is -1.07. The molecule has 4 nitrogen and oxygen atoms in total. The Balaban J connectivity index is 2.61. The van der Waals surface area contributed by atoms with Crippen LogP contribution in [0.5, 0.6) is 5.75 Å². The molecule has 1 radical (unpaired) electrons. The minimum absolute atomic E-state index is 0.183. The van der Waals surface area contributed by atoms with E-state index in [1.807, 2.05) is 0 Å². The third-order valence-electron chi connectivity index (χ3n) is 1.64. The molecule has 0 heterocycles. The quantitative estimate of drug-likeness (QED) is 0.743. The van der Waals surface area contributed by atoms with E-state index in [1.54, 1.807) is 31.4 Å². The van der Waals surface area contributed by atoms with Crippen LogP contribution in [0.15, 0.2) is 24.3 Å². The first-order valence-corrected chi connectivity index (χ1v) is 5.88. The van der Waals surface area contributed by atoms with Crippen LogP contribution in [0.2, 0.25) is 0 Å². The van der Waals surface area contributed by atoms with E-state index in [0.717, 1.165) is 17.6 Å². The number of ether oxygens (including phenoxy) is 1. The SMILES string of the molecule is COc1ccc(C[N]S(C)(=O)=O)cc1. The molecule has 0 aliphatic rings. The van der Waals surface area contributed by atoms with E-state index >= 15 is 0 Å². The van der Waals surface area contributed by atoms with E-state index in [0.29, 0.717) is 0 Å². The number of nitrogens with zero attached hydrogens (tertiary/aromatic N) is 1. The van der Waals surface area contributed by atoms with Gasteiger partial charge in [-0.05, 0) is 17.7 Å². The van der Waals surface area contributed by atoms with Crippen LogP contribution >= 0.6 is 0 Å². The van der Waals surface area contributed by atoms with Gasteiger partial charge in [0.2, 0.25) is 10.0 Å². The van der Waals surface area contributed by atoms with E-state index in [4.69, 9.17) is 4.74 Å². The lowest BCUT2D eigenvalue weighted by Gasteiger charge is -2.02. The molecule has 0 saturated carbocycles. The molecule has 0 N–H and O–H groups in total. The third-order valence-corrected chi connectivity index (χ3v) is 2.24. The number of hydrogen-bond acceptors (Lipinski definition) is 3. The maximum absolute atomic E-state index is 10.7. The average Bonchev–Trinajstić information content (AvgIpc) is 2.14. The first kappa shape index (κ1) is 11.0. The minimum atomic E-state index is -3.24. The molecule has 0 aliphatic carbocycles. The Morgan fingerprint density at radius 1 is 1.29 bits per heavy atom. The normalized spacial score (nSPS) is 11.3. The van der Waals surface area contributed by atoms with Gasteiger partial charge >= 0.3 is 0 Å². The Morgan fingerprint density at radius 2 is 1.86 bits per heavy atom. The molecule has 5 heteroatoms. The van der Waals surface area contributed by atoms with Gasteiger partial charge in [-0.25, -0.2) is 8.42 Å². The highest BCUT2D eigenvalue weighted by Crippen LogP contribution is 2.11. The van der Waals surface area contributed by atoms with Crippen LogP contribution in [0, 0.1) is 0 Å². The molecule has 0 aliphatic heterocycles. The zero-order valence-corrected chi connectivity index (χ0v) is 8.91. The van der Waals surface area contributed by atoms with Crippen LogP contribution < -0.4 is 9.46 Å². The molecule has 14 heavy (non-hydrogen) atoms. The molecule has 1 rings (SSSR count). The van der Waals surface area contributed by atoms with Crippen molar-refractivity contribution in [1.29, 1.82) is 0 Å². The molecule has 1 aromatic rings. The van der Waals surface area contributed by atoms with Gasteiger partial charge in [0.15, 0.2) is 0 Å². The van der Waals surface area contributed by atoms with Crippen LogP contribution in [0.3, 0.4) is 0 Å². The van der Waals surface area contributed by atoms with Gasteiger partial charge < -0.3 is 4.74 Å². The summed E-state index contributed by atoms with van der Waals surface area (Å²) in [6, 6.07) is 7.11. The maximum Gasteiger partial charge on any atom is 0.225 e. The molecule has 0 aromatic heterocycles. The summed E-state index contributed by atoms with van der Waals surface area (Å²) in [4.78, 5) is 0. The van der Waals surface area contributed by atoms with Crippen molar-refractivity contribution < 1.29 is 13.2 Å². The minimum Gasteiger partial charge on any atom is -0.497 e. The van der Waals surface area contributed by atoms with Gasteiger partial charge in [0.25, 0.3) is 0 Å². The van der Waals surface area contributed by atoms with Crippen LogP contribution in [0.25, 0.3) is 0 Å². The van der Waals surface area contributed by atoms with Crippen molar-refractivity contribution in [2.24, 2.45) is 0 Å². The zero-order chi connectivity index (χ0) is 10.6. The summed E-state index contributed by atoms with van der Waals surface area (Å²) in [5.41, 5.74) is 0.844. The largest absolute Gasteiger partial charge is 0.497 e. The topological polar surface area (TPSA) is 57.5 Å². The van der Waals surface area contributed by atoms with Gasteiger partial charge in [-0.1, -0.05) is 12.1 Å². The highest BCUT2D eigenvalue weighted by molar-refractivity contribution is 7.88. The summed E-state index contributed by atoms with van der Waals surface area (Å²) in [6.07, 6.45) is 1.08. The molecular weight excluding hydrogens is 202 g/mol. The fourth-order valence-electron chi connectivity index (χ4n) is 0.923. The number of rotatable bonds is 4. The Kier molecular flexibility index (Phi) is 3.49. The summed E-state index contributed by atoms with van der Waals surface area (Å²) in [7, 11) is -1.67.